The van der Waals surface area contributed by atoms with Crippen LogP contribution in [0.3, 0.4) is 0 Å². The van der Waals surface area contributed by atoms with Crippen LogP contribution in [-0.4, -0.2) is 20.6 Å². The summed E-state index contributed by atoms with van der Waals surface area (Å²) in [5.74, 6) is -0.619. The molecule has 1 aliphatic rings. The molecule has 2 amide bonds. The number of aromatic nitrogens is 1. The van der Waals surface area contributed by atoms with Gasteiger partial charge in [-0.3, -0.25) is 14.5 Å². The van der Waals surface area contributed by atoms with Crippen LogP contribution >= 0.6 is 11.8 Å². The molecule has 3 aromatic rings. The lowest BCUT2D eigenvalue weighted by Gasteiger charge is -2.12. The van der Waals surface area contributed by atoms with Gasteiger partial charge >= 0.3 is 0 Å². The van der Waals surface area contributed by atoms with E-state index >= 15 is 0 Å². The van der Waals surface area contributed by atoms with E-state index < -0.39 is 0 Å². The molecule has 0 atom stereocenters. The van der Waals surface area contributed by atoms with Gasteiger partial charge in [0.2, 0.25) is 0 Å². The summed E-state index contributed by atoms with van der Waals surface area (Å²) in [6.07, 6.45) is 1.72. The van der Waals surface area contributed by atoms with Crippen molar-refractivity contribution in [1.82, 2.24) is 9.47 Å². The van der Waals surface area contributed by atoms with Gasteiger partial charge in [-0.1, -0.05) is 42.0 Å². The second kappa shape index (κ2) is 7.95. The van der Waals surface area contributed by atoms with Crippen molar-refractivity contribution < 1.29 is 14.0 Å². The third-order valence-electron chi connectivity index (χ3n) is 5.15. The standard InChI is InChI=1S/C24H21FN2O2S/c1-15-7-6-8-18(11-15)14-26-23(28)22(30-24(26)29)13-19-12-16(2)27(17(19)3)21-10-5-4-9-20(21)25/h4-13H,14H2,1-3H3/b22-13-. The number of aryl methyl sites for hydroxylation is 2. The number of thioether (sulfide) groups is 1. The summed E-state index contributed by atoms with van der Waals surface area (Å²) in [5.41, 5.74) is 4.90. The molecule has 152 valence electrons. The SMILES string of the molecule is Cc1cccc(CN2C(=O)S/C(=C\c3cc(C)n(-c4ccccc4F)c3C)C2=O)c1. The van der Waals surface area contributed by atoms with Crippen LogP contribution in [0.2, 0.25) is 0 Å². The second-order valence-electron chi connectivity index (χ2n) is 7.37. The Bertz CT molecular complexity index is 1200. The Labute approximate surface area is 179 Å². The Balaban J connectivity index is 1.64. The van der Waals surface area contributed by atoms with Gasteiger partial charge in [0.25, 0.3) is 11.1 Å². The number of carbonyl (C=O) groups is 2. The highest BCUT2D eigenvalue weighted by atomic mass is 32.2. The molecule has 1 aromatic heterocycles. The van der Waals surface area contributed by atoms with E-state index in [4.69, 9.17) is 0 Å². The summed E-state index contributed by atoms with van der Waals surface area (Å²) in [6, 6.07) is 16.2. The maximum absolute atomic E-state index is 14.3. The molecule has 0 spiro atoms. The van der Waals surface area contributed by atoms with Gasteiger partial charge in [-0.05, 0) is 67.9 Å². The van der Waals surface area contributed by atoms with Crippen LogP contribution in [0.4, 0.5) is 9.18 Å². The van der Waals surface area contributed by atoms with Crippen LogP contribution in [0.25, 0.3) is 11.8 Å². The van der Waals surface area contributed by atoms with Crippen molar-refractivity contribution in [2.45, 2.75) is 27.3 Å². The molecule has 0 aliphatic carbocycles. The lowest BCUT2D eigenvalue weighted by molar-refractivity contribution is -0.123. The lowest BCUT2D eigenvalue weighted by atomic mass is 10.1. The summed E-state index contributed by atoms with van der Waals surface area (Å²) >= 11 is 0.938. The number of para-hydroxylation sites is 1. The van der Waals surface area contributed by atoms with Crippen LogP contribution in [0.5, 0.6) is 0 Å². The van der Waals surface area contributed by atoms with Gasteiger partial charge in [-0.2, -0.15) is 0 Å². The van der Waals surface area contributed by atoms with Gasteiger partial charge in [-0.15, -0.1) is 0 Å². The molecule has 1 saturated heterocycles. The van der Waals surface area contributed by atoms with Crippen molar-refractivity contribution in [1.29, 1.82) is 0 Å². The van der Waals surface area contributed by atoms with E-state index in [1.54, 1.807) is 24.3 Å². The van der Waals surface area contributed by atoms with Crippen LogP contribution in [0, 0.1) is 26.6 Å². The maximum Gasteiger partial charge on any atom is 0.293 e. The number of carbonyl (C=O) groups excluding carboxylic acids is 2. The molecule has 0 unspecified atom stereocenters. The molecule has 0 saturated carbocycles. The fraction of sp³-hybridized carbons (Fsp3) is 0.167. The Morgan fingerprint density at radius 3 is 2.50 bits per heavy atom. The monoisotopic (exact) mass is 420 g/mol. The molecule has 4 rings (SSSR count). The number of hydrogen-bond acceptors (Lipinski definition) is 3. The molecule has 0 bridgehead atoms. The first kappa shape index (κ1) is 20.2. The van der Waals surface area contributed by atoms with Crippen molar-refractivity contribution >= 4 is 29.0 Å². The van der Waals surface area contributed by atoms with E-state index in [1.165, 1.54) is 11.0 Å². The van der Waals surface area contributed by atoms with Gasteiger partial charge in [0.05, 0.1) is 17.1 Å². The van der Waals surface area contributed by atoms with Crippen molar-refractivity contribution in [2.24, 2.45) is 0 Å². The molecule has 4 nitrogen and oxygen atoms in total. The van der Waals surface area contributed by atoms with E-state index in [2.05, 4.69) is 0 Å². The van der Waals surface area contributed by atoms with E-state index in [0.29, 0.717) is 10.6 Å². The first-order chi connectivity index (χ1) is 14.3. The molecular weight excluding hydrogens is 399 g/mol. The minimum absolute atomic E-state index is 0.248. The van der Waals surface area contributed by atoms with Gasteiger partial charge in [0.1, 0.15) is 5.82 Å². The van der Waals surface area contributed by atoms with Crippen molar-refractivity contribution in [3.63, 3.8) is 0 Å². The minimum atomic E-state index is -0.315. The first-order valence-corrected chi connectivity index (χ1v) is 10.4. The van der Waals surface area contributed by atoms with Crippen LogP contribution in [0.15, 0.2) is 59.5 Å². The number of nitrogens with zero attached hydrogens (tertiary/aromatic N) is 2. The van der Waals surface area contributed by atoms with Gasteiger partial charge < -0.3 is 4.57 Å². The van der Waals surface area contributed by atoms with E-state index in [0.717, 1.165) is 39.8 Å². The zero-order chi connectivity index (χ0) is 21.4. The van der Waals surface area contributed by atoms with Crippen molar-refractivity contribution in [3.8, 4) is 5.69 Å². The Kier molecular flexibility index (Phi) is 5.35. The fourth-order valence-corrected chi connectivity index (χ4v) is 4.54. The zero-order valence-electron chi connectivity index (χ0n) is 17.0. The first-order valence-electron chi connectivity index (χ1n) is 9.60. The topological polar surface area (TPSA) is 42.3 Å². The molecule has 30 heavy (non-hydrogen) atoms. The quantitative estimate of drug-likeness (QED) is 0.503. The van der Waals surface area contributed by atoms with Crippen LogP contribution in [-0.2, 0) is 11.3 Å². The molecule has 2 aromatic carbocycles. The third kappa shape index (κ3) is 3.71. The predicted octanol–water partition coefficient (Wildman–Crippen LogP) is 5.78. The molecule has 6 heteroatoms. The molecule has 2 heterocycles. The Morgan fingerprint density at radius 1 is 1.00 bits per heavy atom. The van der Waals surface area contributed by atoms with Crippen molar-refractivity contribution in [3.05, 3.63) is 93.4 Å². The summed E-state index contributed by atoms with van der Waals surface area (Å²) in [4.78, 5) is 27.0. The normalized spacial score (nSPS) is 15.5. The smallest absolute Gasteiger partial charge is 0.293 e. The maximum atomic E-state index is 14.3. The molecule has 0 N–H and O–H groups in total. The number of imide groups is 1. The Morgan fingerprint density at radius 2 is 1.77 bits per heavy atom. The van der Waals surface area contributed by atoms with Gasteiger partial charge in [0.15, 0.2) is 0 Å². The van der Waals surface area contributed by atoms with E-state index in [-0.39, 0.29) is 23.5 Å². The third-order valence-corrected chi connectivity index (χ3v) is 6.05. The number of halogens is 1. The summed E-state index contributed by atoms with van der Waals surface area (Å²) in [6.45, 7) is 5.99. The van der Waals surface area contributed by atoms with Gasteiger partial charge in [-0.25, -0.2) is 4.39 Å². The van der Waals surface area contributed by atoms with E-state index in [9.17, 15) is 14.0 Å². The average Bonchev–Trinajstić information content (AvgIpc) is 3.12. The predicted molar refractivity (Wildman–Crippen MR) is 118 cm³/mol. The zero-order valence-corrected chi connectivity index (χ0v) is 17.8. The number of benzene rings is 2. The van der Waals surface area contributed by atoms with E-state index in [1.807, 2.05) is 55.7 Å². The minimum Gasteiger partial charge on any atom is -0.315 e. The second-order valence-corrected chi connectivity index (χ2v) is 8.36. The molecular formula is C24H21FN2O2S. The lowest BCUT2D eigenvalue weighted by Crippen LogP contribution is -2.27. The highest BCUT2D eigenvalue weighted by molar-refractivity contribution is 8.18. The number of rotatable bonds is 4. The Hall–Kier alpha value is -3.12. The summed E-state index contributed by atoms with van der Waals surface area (Å²) < 4.78 is 16.1. The van der Waals surface area contributed by atoms with Crippen LogP contribution in [0.1, 0.15) is 28.1 Å². The number of amides is 2. The summed E-state index contributed by atoms with van der Waals surface area (Å²) in [5, 5.41) is -0.282. The molecule has 0 radical (unpaired) electrons. The highest BCUT2D eigenvalue weighted by Gasteiger charge is 2.35. The summed E-state index contributed by atoms with van der Waals surface area (Å²) in [7, 11) is 0. The molecule has 1 aliphatic heterocycles. The van der Waals surface area contributed by atoms with Crippen molar-refractivity contribution in [2.75, 3.05) is 0 Å². The van der Waals surface area contributed by atoms with Crippen LogP contribution < -0.4 is 0 Å². The largest absolute Gasteiger partial charge is 0.315 e. The van der Waals surface area contributed by atoms with Gasteiger partial charge in [0, 0.05) is 11.4 Å². The average molecular weight is 421 g/mol. The number of hydrogen-bond donors (Lipinski definition) is 0. The fourth-order valence-electron chi connectivity index (χ4n) is 3.71. The highest BCUT2D eigenvalue weighted by Crippen LogP contribution is 2.35. The molecule has 1 fully saturated rings.